The SMILES string of the molecule is O=C(NC(=S)Nc1cccc(C(=O)NC2CCCCC2)c1)c1cccc(Br)c1. The molecule has 1 fully saturated rings. The molecule has 3 N–H and O–H groups in total. The summed E-state index contributed by atoms with van der Waals surface area (Å²) in [6.45, 7) is 0. The van der Waals surface area contributed by atoms with Crippen LogP contribution in [0.2, 0.25) is 0 Å². The van der Waals surface area contributed by atoms with Gasteiger partial charge < -0.3 is 10.6 Å². The van der Waals surface area contributed by atoms with Gasteiger partial charge >= 0.3 is 0 Å². The number of thiocarbonyl (C=S) groups is 1. The fourth-order valence-electron chi connectivity index (χ4n) is 3.22. The van der Waals surface area contributed by atoms with Gasteiger partial charge in [0.25, 0.3) is 11.8 Å². The molecule has 3 rings (SSSR count). The molecule has 0 heterocycles. The van der Waals surface area contributed by atoms with E-state index in [-0.39, 0.29) is 23.0 Å². The molecule has 0 unspecified atom stereocenters. The number of amides is 2. The minimum absolute atomic E-state index is 0.0837. The quantitative estimate of drug-likeness (QED) is 0.582. The zero-order valence-corrected chi connectivity index (χ0v) is 17.7. The highest BCUT2D eigenvalue weighted by atomic mass is 79.9. The Bertz CT molecular complexity index is 881. The predicted molar refractivity (Wildman–Crippen MR) is 119 cm³/mol. The number of halogens is 1. The van der Waals surface area contributed by atoms with Gasteiger partial charge in [0, 0.05) is 27.3 Å². The Morgan fingerprint density at radius 3 is 2.32 bits per heavy atom. The maximum Gasteiger partial charge on any atom is 0.257 e. The van der Waals surface area contributed by atoms with Gasteiger partial charge in [-0.25, -0.2) is 0 Å². The van der Waals surface area contributed by atoms with E-state index in [9.17, 15) is 9.59 Å². The van der Waals surface area contributed by atoms with Crippen LogP contribution in [0.5, 0.6) is 0 Å². The van der Waals surface area contributed by atoms with Crippen molar-refractivity contribution in [2.45, 2.75) is 38.1 Å². The van der Waals surface area contributed by atoms with Crippen LogP contribution in [0, 0.1) is 0 Å². The molecule has 0 atom stereocenters. The summed E-state index contributed by atoms with van der Waals surface area (Å²) in [7, 11) is 0. The number of rotatable bonds is 4. The Balaban J connectivity index is 1.58. The molecule has 7 heteroatoms. The lowest BCUT2D eigenvalue weighted by molar-refractivity contribution is 0.0926. The summed E-state index contributed by atoms with van der Waals surface area (Å²) in [6, 6.07) is 14.4. The van der Waals surface area contributed by atoms with Gasteiger partial charge in [-0.1, -0.05) is 47.3 Å². The Morgan fingerprint density at radius 1 is 0.929 bits per heavy atom. The highest BCUT2D eigenvalue weighted by Gasteiger charge is 2.17. The van der Waals surface area contributed by atoms with Gasteiger partial charge in [0.15, 0.2) is 5.11 Å². The summed E-state index contributed by atoms with van der Waals surface area (Å²) < 4.78 is 0.815. The molecule has 2 aromatic rings. The fourth-order valence-corrected chi connectivity index (χ4v) is 3.83. The van der Waals surface area contributed by atoms with E-state index in [1.807, 2.05) is 6.07 Å². The van der Waals surface area contributed by atoms with Crippen LogP contribution in [-0.2, 0) is 0 Å². The van der Waals surface area contributed by atoms with Crippen molar-refractivity contribution >= 4 is 50.8 Å². The number of benzene rings is 2. The lowest BCUT2D eigenvalue weighted by Gasteiger charge is -2.22. The normalized spacial score (nSPS) is 14.2. The first-order valence-corrected chi connectivity index (χ1v) is 10.5. The lowest BCUT2D eigenvalue weighted by Crippen LogP contribution is -2.36. The van der Waals surface area contributed by atoms with Crippen molar-refractivity contribution in [1.29, 1.82) is 0 Å². The van der Waals surface area contributed by atoms with Gasteiger partial charge in [-0.05, 0) is 61.5 Å². The zero-order valence-electron chi connectivity index (χ0n) is 15.3. The molecule has 0 bridgehead atoms. The number of carbonyl (C=O) groups excluding carboxylic acids is 2. The summed E-state index contributed by atoms with van der Waals surface area (Å²) in [5.41, 5.74) is 1.71. The van der Waals surface area contributed by atoms with Crippen molar-refractivity contribution in [2.75, 3.05) is 5.32 Å². The Labute approximate surface area is 178 Å². The molecule has 5 nitrogen and oxygen atoms in total. The summed E-state index contributed by atoms with van der Waals surface area (Å²) in [6.07, 6.45) is 5.65. The van der Waals surface area contributed by atoms with E-state index in [2.05, 4.69) is 31.9 Å². The van der Waals surface area contributed by atoms with Gasteiger partial charge in [-0.2, -0.15) is 0 Å². The van der Waals surface area contributed by atoms with Gasteiger partial charge in [-0.3, -0.25) is 14.9 Å². The van der Waals surface area contributed by atoms with Crippen molar-refractivity contribution < 1.29 is 9.59 Å². The summed E-state index contributed by atoms with van der Waals surface area (Å²) >= 11 is 8.57. The molecule has 0 radical (unpaired) electrons. The van der Waals surface area contributed by atoms with Gasteiger partial charge in [0.2, 0.25) is 0 Å². The van der Waals surface area contributed by atoms with Crippen molar-refractivity contribution in [1.82, 2.24) is 10.6 Å². The average molecular weight is 460 g/mol. The first-order chi connectivity index (χ1) is 13.5. The third-order valence-corrected chi connectivity index (χ3v) is 5.33. The highest BCUT2D eigenvalue weighted by molar-refractivity contribution is 9.10. The zero-order chi connectivity index (χ0) is 19.9. The van der Waals surface area contributed by atoms with E-state index in [1.54, 1.807) is 42.5 Å². The third kappa shape index (κ3) is 5.87. The lowest BCUT2D eigenvalue weighted by atomic mass is 9.95. The number of nitrogens with one attached hydrogen (secondary N) is 3. The second kappa shape index (κ2) is 9.80. The van der Waals surface area contributed by atoms with E-state index in [4.69, 9.17) is 12.2 Å². The monoisotopic (exact) mass is 459 g/mol. The van der Waals surface area contributed by atoms with Crippen LogP contribution in [-0.4, -0.2) is 23.0 Å². The molecule has 0 saturated heterocycles. The summed E-state index contributed by atoms with van der Waals surface area (Å²) in [5, 5.41) is 8.89. The Hall–Kier alpha value is -2.25. The van der Waals surface area contributed by atoms with E-state index >= 15 is 0 Å². The first-order valence-electron chi connectivity index (χ1n) is 9.30. The number of hydrogen-bond acceptors (Lipinski definition) is 3. The van der Waals surface area contributed by atoms with Crippen LogP contribution in [0.25, 0.3) is 0 Å². The maximum absolute atomic E-state index is 12.5. The van der Waals surface area contributed by atoms with E-state index in [0.29, 0.717) is 16.8 Å². The number of hydrogen-bond donors (Lipinski definition) is 3. The minimum Gasteiger partial charge on any atom is -0.349 e. The summed E-state index contributed by atoms with van der Waals surface area (Å²) in [5.74, 6) is -0.385. The van der Waals surface area contributed by atoms with Crippen LogP contribution in [0.4, 0.5) is 5.69 Å². The van der Waals surface area contributed by atoms with Gasteiger partial charge in [-0.15, -0.1) is 0 Å². The maximum atomic E-state index is 12.5. The van der Waals surface area contributed by atoms with Crippen molar-refractivity contribution in [3.05, 3.63) is 64.1 Å². The first kappa shape index (κ1) is 20.5. The average Bonchev–Trinajstić information content (AvgIpc) is 2.69. The standard InChI is InChI=1S/C21H22BrN3O2S/c22-16-8-4-6-14(12-16)20(27)25-21(28)24-18-11-5-7-15(13-18)19(26)23-17-9-2-1-3-10-17/h4-8,11-13,17H,1-3,9-10H2,(H,23,26)(H2,24,25,27,28). The van der Waals surface area contributed by atoms with Crippen molar-refractivity contribution in [3.63, 3.8) is 0 Å². The molecule has 0 aromatic heterocycles. The summed E-state index contributed by atoms with van der Waals surface area (Å²) in [4.78, 5) is 24.8. The van der Waals surface area contributed by atoms with Crippen molar-refractivity contribution in [2.24, 2.45) is 0 Å². The number of anilines is 1. The van der Waals surface area contributed by atoms with Crippen LogP contribution < -0.4 is 16.0 Å². The molecular weight excluding hydrogens is 438 g/mol. The van der Waals surface area contributed by atoms with E-state index < -0.39 is 0 Å². The van der Waals surface area contributed by atoms with Crippen LogP contribution in [0.1, 0.15) is 52.8 Å². The predicted octanol–water partition coefficient (Wildman–Crippen LogP) is 4.64. The topological polar surface area (TPSA) is 70.2 Å². The van der Waals surface area contributed by atoms with E-state index in [1.165, 1.54) is 19.3 Å². The second-order valence-corrected chi connectivity index (χ2v) is 8.13. The molecule has 146 valence electrons. The smallest absolute Gasteiger partial charge is 0.257 e. The minimum atomic E-state index is -0.301. The molecule has 28 heavy (non-hydrogen) atoms. The highest BCUT2D eigenvalue weighted by Crippen LogP contribution is 2.18. The molecule has 0 aliphatic heterocycles. The van der Waals surface area contributed by atoms with Crippen LogP contribution >= 0.6 is 28.1 Å². The third-order valence-electron chi connectivity index (χ3n) is 4.64. The molecular formula is C21H22BrN3O2S. The molecule has 1 aliphatic carbocycles. The Kier molecular flexibility index (Phi) is 7.17. The second-order valence-electron chi connectivity index (χ2n) is 6.81. The Morgan fingerprint density at radius 2 is 1.61 bits per heavy atom. The van der Waals surface area contributed by atoms with Gasteiger partial charge in [0.05, 0.1) is 0 Å². The molecule has 2 aromatic carbocycles. The van der Waals surface area contributed by atoms with E-state index in [0.717, 1.165) is 17.3 Å². The largest absolute Gasteiger partial charge is 0.349 e. The molecule has 1 aliphatic rings. The van der Waals surface area contributed by atoms with Crippen LogP contribution in [0.3, 0.4) is 0 Å². The number of carbonyl (C=O) groups is 2. The van der Waals surface area contributed by atoms with Gasteiger partial charge in [0.1, 0.15) is 0 Å². The molecule has 1 saturated carbocycles. The van der Waals surface area contributed by atoms with Crippen molar-refractivity contribution in [3.8, 4) is 0 Å². The molecule has 0 spiro atoms. The fraction of sp³-hybridized carbons (Fsp3) is 0.286. The molecule has 2 amide bonds. The van der Waals surface area contributed by atoms with Crippen LogP contribution in [0.15, 0.2) is 53.0 Å².